The number of carbonyl (C=O) groups is 2. The highest BCUT2D eigenvalue weighted by Gasteiger charge is 2.19. The van der Waals surface area contributed by atoms with Crippen molar-refractivity contribution in [1.82, 2.24) is 0 Å². The number of carbonyl (C=O) groups excluding carboxylic acids is 2. The monoisotopic (exact) mass is 190 g/mol. The topological polar surface area (TPSA) is 72.8 Å². The maximum Gasteiger partial charge on any atom is 0.347 e. The lowest BCUT2D eigenvalue weighted by molar-refractivity contribution is -0.170. The second-order valence-corrected chi connectivity index (χ2v) is 2.78. The van der Waals surface area contributed by atoms with Crippen molar-refractivity contribution in [3.8, 4) is 0 Å². The third-order valence-corrected chi connectivity index (χ3v) is 1.12. The summed E-state index contributed by atoms with van der Waals surface area (Å²) in [6.45, 7) is 4.04. The highest BCUT2D eigenvalue weighted by atomic mass is 16.6. The first-order chi connectivity index (χ1) is 5.97. The van der Waals surface area contributed by atoms with Crippen molar-refractivity contribution in [3.63, 3.8) is 0 Å². The molecule has 76 valence electrons. The molecule has 0 amide bonds. The van der Waals surface area contributed by atoms with Crippen molar-refractivity contribution >= 4 is 11.9 Å². The standard InChI is InChI=1S/C8H14O5/c1-5(2)12-8(11)6(3)13-7(10)4-9/h5-6,9H,4H2,1-3H3. The van der Waals surface area contributed by atoms with Crippen LogP contribution in [0.25, 0.3) is 0 Å². The average Bonchev–Trinajstić information content (AvgIpc) is 2.02. The Bertz CT molecular complexity index is 187. The number of rotatable bonds is 4. The molecule has 0 aliphatic heterocycles. The van der Waals surface area contributed by atoms with Gasteiger partial charge in [0.15, 0.2) is 6.10 Å². The Hall–Kier alpha value is -1.10. The van der Waals surface area contributed by atoms with E-state index in [0.717, 1.165) is 0 Å². The lowest BCUT2D eigenvalue weighted by Crippen LogP contribution is -2.29. The summed E-state index contributed by atoms with van der Waals surface area (Å²) in [5.41, 5.74) is 0. The zero-order valence-electron chi connectivity index (χ0n) is 7.94. The minimum absolute atomic E-state index is 0.247. The highest BCUT2D eigenvalue weighted by molar-refractivity contribution is 5.79. The summed E-state index contributed by atoms with van der Waals surface area (Å²) in [5, 5.41) is 8.32. The van der Waals surface area contributed by atoms with Gasteiger partial charge in [0.2, 0.25) is 0 Å². The van der Waals surface area contributed by atoms with Gasteiger partial charge in [0.25, 0.3) is 0 Å². The number of aliphatic hydroxyl groups excluding tert-OH is 1. The molecule has 0 spiro atoms. The van der Waals surface area contributed by atoms with Crippen molar-refractivity contribution < 1.29 is 24.2 Å². The summed E-state index contributed by atoms with van der Waals surface area (Å²) in [5.74, 6) is -1.45. The molecule has 1 N–H and O–H groups in total. The van der Waals surface area contributed by atoms with E-state index in [0.29, 0.717) is 0 Å². The van der Waals surface area contributed by atoms with E-state index in [1.54, 1.807) is 13.8 Å². The quantitative estimate of drug-likeness (QED) is 0.625. The van der Waals surface area contributed by atoms with E-state index in [1.807, 2.05) is 0 Å². The molecule has 1 unspecified atom stereocenters. The van der Waals surface area contributed by atoms with Gasteiger partial charge in [-0.1, -0.05) is 0 Å². The first-order valence-corrected chi connectivity index (χ1v) is 3.98. The molecule has 0 aromatic heterocycles. The smallest absolute Gasteiger partial charge is 0.347 e. The average molecular weight is 190 g/mol. The highest BCUT2D eigenvalue weighted by Crippen LogP contribution is 1.98. The summed E-state index contributed by atoms with van der Waals surface area (Å²) in [4.78, 5) is 21.6. The molecule has 5 nitrogen and oxygen atoms in total. The first-order valence-electron chi connectivity index (χ1n) is 3.98. The summed E-state index contributed by atoms with van der Waals surface area (Å²) in [6, 6.07) is 0. The minimum Gasteiger partial charge on any atom is -0.460 e. The second-order valence-electron chi connectivity index (χ2n) is 2.78. The number of hydrogen-bond donors (Lipinski definition) is 1. The summed E-state index contributed by atoms with van der Waals surface area (Å²) in [6.07, 6.45) is -1.22. The molecule has 0 aromatic rings. The lowest BCUT2D eigenvalue weighted by atomic mass is 10.4. The Morgan fingerprint density at radius 2 is 1.77 bits per heavy atom. The van der Waals surface area contributed by atoms with Gasteiger partial charge in [-0.15, -0.1) is 0 Å². The molecule has 0 radical (unpaired) electrons. The summed E-state index contributed by atoms with van der Waals surface area (Å²) < 4.78 is 9.26. The molecular formula is C8H14O5. The van der Waals surface area contributed by atoms with Crippen molar-refractivity contribution in [2.75, 3.05) is 6.61 Å². The predicted octanol–water partition coefficient (Wildman–Crippen LogP) is -0.138. The molecule has 0 bridgehead atoms. The molecule has 0 aliphatic carbocycles. The molecule has 0 heterocycles. The minimum atomic E-state index is -0.970. The molecule has 5 heteroatoms. The van der Waals surface area contributed by atoms with Crippen LogP contribution in [-0.2, 0) is 19.1 Å². The maximum atomic E-state index is 11.0. The Labute approximate surface area is 76.6 Å². The van der Waals surface area contributed by atoms with Gasteiger partial charge in [-0.3, -0.25) is 0 Å². The van der Waals surface area contributed by atoms with Crippen LogP contribution in [0.1, 0.15) is 20.8 Å². The fraction of sp³-hybridized carbons (Fsp3) is 0.750. The summed E-state index contributed by atoms with van der Waals surface area (Å²) >= 11 is 0. The van der Waals surface area contributed by atoms with E-state index in [4.69, 9.17) is 9.84 Å². The molecule has 0 aromatic carbocycles. The van der Waals surface area contributed by atoms with Crippen molar-refractivity contribution in [3.05, 3.63) is 0 Å². The Morgan fingerprint density at radius 3 is 2.15 bits per heavy atom. The number of esters is 2. The molecule has 13 heavy (non-hydrogen) atoms. The lowest BCUT2D eigenvalue weighted by Gasteiger charge is -2.13. The SMILES string of the molecule is CC(C)OC(=O)C(C)OC(=O)CO. The third kappa shape index (κ3) is 5.19. The van der Waals surface area contributed by atoms with E-state index in [-0.39, 0.29) is 6.10 Å². The Balaban J connectivity index is 3.89. The van der Waals surface area contributed by atoms with E-state index in [9.17, 15) is 9.59 Å². The van der Waals surface area contributed by atoms with Crippen molar-refractivity contribution in [2.24, 2.45) is 0 Å². The van der Waals surface area contributed by atoms with Gasteiger partial charge >= 0.3 is 11.9 Å². The van der Waals surface area contributed by atoms with Gasteiger partial charge in [0.1, 0.15) is 6.61 Å². The molecular weight excluding hydrogens is 176 g/mol. The van der Waals surface area contributed by atoms with E-state index in [1.165, 1.54) is 6.92 Å². The fourth-order valence-electron chi connectivity index (χ4n) is 0.611. The zero-order chi connectivity index (χ0) is 10.4. The molecule has 0 fully saturated rings. The molecule has 0 saturated carbocycles. The van der Waals surface area contributed by atoms with Crippen LogP contribution in [0.15, 0.2) is 0 Å². The van der Waals surface area contributed by atoms with Crippen LogP contribution in [0, 0.1) is 0 Å². The molecule has 1 atom stereocenters. The Kier molecular flexibility index (Phi) is 5.06. The third-order valence-electron chi connectivity index (χ3n) is 1.12. The van der Waals surface area contributed by atoms with Gasteiger partial charge in [0.05, 0.1) is 6.10 Å². The van der Waals surface area contributed by atoms with Crippen LogP contribution in [0.5, 0.6) is 0 Å². The van der Waals surface area contributed by atoms with Crippen LogP contribution in [0.2, 0.25) is 0 Å². The van der Waals surface area contributed by atoms with Crippen LogP contribution >= 0.6 is 0 Å². The van der Waals surface area contributed by atoms with Crippen LogP contribution in [0.4, 0.5) is 0 Å². The van der Waals surface area contributed by atoms with Crippen molar-refractivity contribution in [1.29, 1.82) is 0 Å². The first kappa shape index (κ1) is 11.9. The molecule has 0 aliphatic rings. The zero-order valence-corrected chi connectivity index (χ0v) is 7.94. The largest absolute Gasteiger partial charge is 0.460 e. The van der Waals surface area contributed by atoms with E-state index in [2.05, 4.69) is 4.74 Å². The predicted molar refractivity (Wildman–Crippen MR) is 43.9 cm³/mol. The van der Waals surface area contributed by atoms with Gasteiger partial charge in [-0.2, -0.15) is 0 Å². The second kappa shape index (κ2) is 5.53. The van der Waals surface area contributed by atoms with Gasteiger partial charge in [-0.25, -0.2) is 9.59 Å². The van der Waals surface area contributed by atoms with Gasteiger partial charge < -0.3 is 14.6 Å². The molecule has 0 saturated heterocycles. The maximum absolute atomic E-state index is 11.0. The van der Waals surface area contributed by atoms with Crippen LogP contribution in [0.3, 0.4) is 0 Å². The van der Waals surface area contributed by atoms with E-state index < -0.39 is 24.6 Å². The number of aliphatic hydroxyl groups is 1. The Morgan fingerprint density at radius 1 is 1.23 bits per heavy atom. The van der Waals surface area contributed by atoms with E-state index >= 15 is 0 Å². The van der Waals surface area contributed by atoms with Crippen LogP contribution in [-0.4, -0.2) is 35.9 Å². The summed E-state index contributed by atoms with van der Waals surface area (Å²) in [7, 11) is 0. The van der Waals surface area contributed by atoms with Gasteiger partial charge in [0, 0.05) is 0 Å². The number of hydrogen-bond acceptors (Lipinski definition) is 5. The normalized spacial score (nSPS) is 12.4. The fourth-order valence-corrected chi connectivity index (χ4v) is 0.611. The molecule has 0 rings (SSSR count). The van der Waals surface area contributed by atoms with Crippen molar-refractivity contribution in [2.45, 2.75) is 33.0 Å². The number of ether oxygens (including phenoxy) is 2. The van der Waals surface area contributed by atoms with Gasteiger partial charge in [-0.05, 0) is 20.8 Å². The van der Waals surface area contributed by atoms with Crippen LogP contribution < -0.4 is 0 Å².